The van der Waals surface area contributed by atoms with Gasteiger partial charge in [-0.15, -0.1) is 0 Å². The number of hydrogen-bond donors (Lipinski definition) is 2. The van der Waals surface area contributed by atoms with E-state index in [-0.39, 0.29) is 35.1 Å². The standard InChI is InChI=1S/C25H27F3N2O4S/c1-25(2,32)24(31)30-20-12-19(20)23(29-35(33,34)17-6-7-17)21(30)10-13-4-3-5-18(22(13)28)14-8-15(26)11-16(27)9-14/h3-5,8-9,11,17,19-21,23,29,32H,6-7,10,12H2,1-2H3/t19-,20+,21+,23+/m1/s1. The van der Waals surface area contributed by atoms with Crippen LogP contribution in [0.4, 0.5) is 13.2 Å². The molecule has 4 atom stereocenters. The lowest BCUT2D eigenvalue weighted by Gasteiger charge is -2.35. The van der Waals surface area contributed by atoms with Gasteiger partial charge in [-0.05, 0) is 68.7 Å². The Morgan fingerprint density at radius 1 is 1.14 bits per heavy atom. The molecule has 2 aliphatic carbocycles. The van der Waals surface area contributed by atoms with E-state index in [1.807, 2.05) is 0 Å². The Labute approximate surface area is 202 Å². The van der Waals surface area contributed by atoms with Crippen LogP contribution in [0.3, 0.4) is 0 Å². The molecule has 3 aliphatic rings. The smallest absolute Gasteiger partial charge is 0.254 e. The SMILES string of the molecule is CC(C)(O)C(=O)N1[C@H]2C[C@H]2[C@H](NS(=O)(=O)C2CC2)[C@@H]1Cc1cccc(-c2cc(F)cc(F)c2)c1F. The summed E-state index contributed by atoms with van der Waals surface area (Å²) in [4.78, 5) is 14.6. The van der Waals surface area contributed by atoms with E-state index in [0.29, 0.717) is 25.3 Å². The molecule has 1 aliphatic heterocycles. The molecule has 2 saturated carbocycles. The third-order valence-corrected chi connectivity index (χ3v) is 9.05. The molecule has 2 aromatic carbocycles. The van der Waals surface area contributed by atoms with Gasteiger partial charge in [-0.25, -0.2) is 26.3 Å². The van der Waals surface area contributed by atoms with Crippen molar-refractivity contribution in [3.63, 3.8) is 0 Å². The van der Waals surface area contributed by atoms with Crippen LogP contribution in [0.5, 0.6) is 0 Å². The van der Waals surface area contributed by atoms with Gasteiger partial charge in [0.25, 0.3) is 5.91 Å². The normalized spacial score (nSPS) is 26.1. The summed E-state index contributed by atoms with van der Waals surface area (Å²) < 4.78 is 71.4. The summed E-state index contributed by atoms with van der Waals surface area (Å²) in [6.07, 6.45) is 1.73. The van der Waals surface area contributed by atoms with Gasteiger partial charge in [-0.1, -0.05) is 18.2 Å². The van der Waals surface area contributed by atoms with Crippen molar-refractivity contribution in [3.05, 3.63) is 59.4 Å². The highest BCUT2D eigenvalue weighted by atomic mass is 32.2. The molecule has 0 spiro atoms. The number of sulfonamides is 1. The first-order valence-corrected chi connectivity index (χ1v) is 13.2. The number of aliphatic hydroxyl groups is 1. The summed E-state index contributed by atoms with van der Waals surface area (Å²) in [5, 5.41) is 9.95. The number of likely N-dealkylation sites (tertiary alicyclic amines) is 1. The largest absolute Gasteiger partial charge is 0.381 e. The first-order chi connectivity index (χ1) is 16.4. The molecule has 6 nitrogen and oxygen atoms in total. The summed E-state index contributed by atoms with van der Waals surface area (Å²) in [5.41, 5.74) is -1.47. The van der Waals surface area contributed by atoms with Gasteiger partial charge >= 0.3 is 0 Å². The van der Waals surface area contributed by atoms with E-state index in [1.165, 1.54) is 30.9 Å². The predicted molar refractivity (Wildman–Crippen MR) is 123 cm³/mol. The molecule has 188 valence electrons. The fourth-order valence-electron chi connectivity index (χ4n) is 5.18. The first kappa shape index (κ1) is 24.3. The number of halogens is 3. The number of piperidine rings is 1. The topological polar surface area (TPSA) is 86.7 Å². The van der Waals surface area contributed by atoms with Crippen LogP contribution in [-0.2, 0) is 21.2 Å². The van der Waals surface area contributed by atoms with Gasteiger partial charge < -0.3 is 10.0 Å². The Balaban J connectivity index is 1.51. The second-order valence-corrected chi connectivity index (χ2v) is 12.3. The van der Waals surface area contributed by atoms with Crippen LogP contribution in [-0.4, -0.2) is 53.3 Å². The number of fused-ring (bicyclic) bond motifs is 1. The summed E-state index contributed by atoms with van der Waals surface area (Å²) in [5.74, 6) is -3.04. The minimum atomic E-state index is -3.58. The molecule has 1 heterocycles. The summed E-state index contributed by atoms with van der Waals surface area (Å²) in [6.45, 7) is 2.73. The number of carbonyl (C=O) groups is 1. The zero-order valence-electron chi connectivity index (χ0n) is 19.3. The second kappa shape index (κ2) is 8.31. The number of nitrogens with zero attached hydrogens (tertiary/aromatic N) is 1. The van der Waals surface area contributed by atoms with E-state index < -0.39 is 56.3 Å². The molecule has 1 saturated heterocycles. The first-order valence-electron chi connectivity index (χ1n) is 11.7. The number of rotatable bonds is 7. The average molecular weight is 509 g/mol. The van der Waals surface area contributed by atoms with Gasteiger partial charge in [-0.3, -0.25) is 4.79 Å². The monoisotopic (exact) mass is 508 g/mol. The van der Waals surface area contributed by atoms with Gasteiger partial charge in [0.1, 0.15) is 23.1 Å². The Morgan fingerprint density at radius 3 is 2.40 bits per heavy atom. The van der Waals surface area contributed by atoms with Crippen LogP contribution in [0.15, 0.2) is 36.4 Å². The quantitative estimate of drug-likeness (QED) is 0.602. The lowest BCUT2D eigenvalue weighted by molar-refractivity contribution is -0.150. The number of benzene rings is 2. The Kier molecular flexibility index (Phi) is 5.77. The molecule has 0 unspecified atom stereocenters. The highest BCUT2D eigenvalue weighted by Crippen LogP contribution is 2.50. The molecule has 2 aromatic rings. The number of hydrogen-bond acceptors (Lipinski definition) is 4. The highest BCUT2D eigenvalue weighted by molar-refractivity contribution is 7.90. The molecule has 35 heavy (non-hydrogen) atoms. The zero-order chi connectivity index (χ0) is 25.3. The highest BCUT2D eigenvalue weighted by Gasteiger charge is 2.62. The van der Waals surface area contributed by atoms with Crippen molar-refractivity contribution in [2.75, 3.05) is 0 Å². The third-order valence-electron chi connectivity index (χ3n) is 7.10. The fraction of sp³-hybridized carbons (Fsp3) is 0.480. The number of amides is 1. The van der Waals surface area contributed by atoms with E-state index in [0.717, 1.165) is 12.1 Å². The molecular formula is C25H27F3N2O4S. The van der Waals surface area contributed by atoms with Gasteiger partial charge in [0.2, 0.25) is 10.0 Å². The van der Waals surface area contributed by atoms with E-state index >= 15 is 4.39 Å². The van der Waals surface area contributed by atoms with Gasteiger partial charge in [0.15, 0.2) is 0 Å². The number of nitrogens with one attached hydrogen (secondary N) is 1. The van der Waals surface area contributed by atoms with Crippen molar-refractivity contribution in [3.8, 4) is 11.1 Å². The number of carbonyl (C=O) groups excluding carboxylic acids is 1. The fourth-order valence-corrected chi connectivity index (χ4v) is 6.84. The molecule has 0 aromatic heterocycles. The van der Waals surface area contributed by atoms with Crippen molar-refractivity contribution in [1.82, 2.24) is 9.62 Å². The van der Waals surface area contributed by atoms with Gasteiger partial charge in [0.05, 0.1) is 11.3 Å². The Hall–Kier alpha value is -2.43. The van der Waals surface area contributed by atoms with Crippen LogP contribution in [0.25, 0.3) is 11.1 Å². The molecule has 0 radical (unpaired) electrons. The average Bonchev–Trinajstić information content (AvgIpc) is 3.65. The maximum absolute atomic E-state index is 15.6. The maximum Gasteiger partial charge on any atom is 0.254 e. The summed E-state index contributed by atoms with van der Waals surface area (Å²) >= 11 is 0. The van der Waals surface area contributed by atoms with Crippen LogP contribution >= 0.6 is 0 Å². The van der Waals surface area contributed by atoms with Crippen molar-refractivity contribution in [2.24, 2.45) is 5.92 Å². The summed E-state index contributed by atoms with van der Waals surface area (Å²) in [7, 11) is -3.58. The molecule has 2 N–H and O–H groups in total. The van der Waals surface area contributed by atoms with E-state index in [1.54, 1.807) is 6.07 Å². The van der Waals surface area contributed by atoms with Crippen molar-refractivity contribution in [1.29, 1.82) is 0 Å². The second-order valence-electron chi connectivity index (χ2n) is 10.3. The van der Waals surface area contributed by atoms with Crippen LogP contribution in [0, 0.1) is 23.4 Å². The van der Waals surface area contributed by atoms with Gasteiger partial charge in [-0.2, -0.15) is 0 Å². The van der Waals surface area contributed by atoms with Crippen molar-refractivity contribution >= 4 is 15.9 Å². The van der Waals surface area contributed by atoms with E-state index in [2.05, 4.69) is 4.72 Å². The van der Waals surface area contributed by atoms with E-state index in [9.17, 15) is 27.1 Å². The minimum Gasteiger partial charge on any atom is -0.381 e. The summed E-state index contributed by atoms with van der Waals surface area (Å²) in [6, 6.07) is 5.66. The van der Waals surface area contributed by atoms with Crippen LogP contribution in [0.2, 0.25) is 0 Å². The Morgan fingerprint density at radius 2 is 1.80 bits per heavy atom. The van der Waals surface area contributed by atoms with Crippen molar-refractivity contribution in [2.45, 2.75) is 68.5 Å². The molecular weight excluding hydrogens is 481 g/mol. The van der Waals surface area contributed by atoms with Crippen molar-refractivity contribution < 1.29 is 31.5 Å². The van der Waals surface area contributed by atoms with E-state index in [4.69, 9.17) is 0 Å². The Bertz CT molecular complexity index is 1270. The molecule has 1 amide bonds. The zero-order valence-corrected chi connectivity index (χ0v) is 20.2. The minimum absolute atomic E-state index is 0.000433. The van der Waals surface area contributed by atoms with Crippen LogP contribution < -0.4 is 4.72 Å². The maximum atomic E-state index is 15.6. The molecule has 5 rings (SSSR count). The molecule has 0 bridgehead atoms. The lowest BCUT2D eigenvalue weighted by Crippen LogP contribution is -2.55. The molecule has 10 heteroatoms. The lowest BCUT2D eigenvalue weighted by atomic mass is 9.94. The van der Waals surface area contributed by atoms with Crippen LogP contribution in [0.1, 0.15) is 38.7 Å². The molecule has 3 fully saturated rings. The van der Waals surface area contributed by atoms with Gasteiger partial charge in [0, 0.05) is 23.7 Å². The third kappa shape index (κ3) is 4.59. The predicted octanol–water partition coefficient (Wildman–Crippen LogP) is 3.13.